The first-order valence-electron chi connectivity index (χ1n) is 6.92. The Labute approximate surface area is 118 Å². The number of aliphatic hydroxyl groups is 1. The van der Waals surface area contributed by atoms with Gasteiger partial charge in [0.1, 0.15) is 5.75 Å². The molecule has 1 N–H and O–H groups in total. The standard InChI is InChI=1S/C14H20N2O4/c1-2-20-14-8-12(7-13(9-14)16(18)19)15-5-3-11(10-15)4-6-17/h7-9,11,17H,2-6,10H2,1H3. The van der Waals surface area contributed by atoms with Crippen LogP contribution in [0.1, 0.15) is 19.8 Å². The highest BCUT2D eigenvalue weighted by atomic mass is 16.6. The number of nitrogens with zero attached hydrogens (tertiary/aromatic N) is 2. The fraction of sp³-hybridized carbons (Fsp3) is 0.571. The van der Waals surface area contributed by atoms with E-state index in [1.54, 1.807) is 6.07 Å². The molecule has 1 fully saturated rings. The van der Waals surface area contributed by atoms with E-state index in [-0.39, 0.29) is 12.3 Å². The molecular formula is C14H20N2O4. The van der Waals surface area contributed by atoms with Crippen LogP contribution in [-0.2, 0) is 0 Å². The van der Waals surface area contributed by atoms with Crippen LogP contribution in [0, 0.1) is 16.0 Å². The van der Waals surface area contributed by atoms with Crippen LogP contribution < -0.4 is 9.64 Å². The number of non-ortho nitro benzene ring substituents is 1. The molecule has 0 amide bonds. The van der Waals surface area contributed by atoms with Gasteiger partial charge in [-0.2, -0.15) is 0 Å². The molecule has 1 atom stereocenters. The summed E-state index contributed by atoms with van der Waals surface area (Å²) in [5.74, 6) is 0.983. The van der Waals surface area contributed by atoms with Gasteiger partial charge in [-0.1, -0.05) is 0 Å². The Balaban J connectivity index is 2.20. The van der Waals surface area contributed by atoms with Crippen molar-refractivity contribution >= 4 is 11.4 Å². The van der Waals surface area contributed by atoms with Crippen molar-refractivity contribution in [2.24, 2.45) is 5.92 Å². The Kier molecular flexibility index (Phi) is 4.79. The summed E-state index contributed by atoms with van der Waals surface area (Å²) in [4.78, 5) is 12.7. The van der Waals surface area contributed by atoms with Gasteiger partial charge in [0.15, 0.2) is 0 Å². The van der Waals surface area contributed by atoms with Gasteiger partial charge in [-0.15, -0.1) is 0 Å². The monoisotopic (exact) mass is 280 g/mol. The van der Waals surface area contributed by atoms with Gasteiger partial charge in [0.05, 0.1) is 17.6 Å². The molecule has 1 aromatic rings. The lowest BCUT2D eigenvalue weighted by atomic mass is 10.1. The SMILES string of the molecule is CCOc1cc(N2CCC(CCO)C2)cc([N+](=O)[O-])c1. The molecule has 6 heteroatoms. The third-order valence-electron chi connectivity index (χ3n) is 3.59. The Hall–Kier alpha value is -1.82. The van der Waals surface area contributed by atoms with Crippen molar-refractivity contribution in [3.05, 3.63) is 28.3 Å². The lowest BCUT2D eigenvalue weighted by Crippen LogP contribution is -2.20. The zero-order valence-electron chi connectivity index (χ0n) is 11.6. The van der Waals surface area contributed by atoms with E-state index in [1.165, 1.54) is 6.07 Å². The normalized spacial score (nSPS) is 18.3. The van der Waals surface area contributed by atoms with E-state index in [0.717, 1.165) is 31.6 Å². The van der Waals surface area contributed by atoms with Crippen LogP contribution >= 0.6 is 0 Å². The van der Waals surface area contributed by atoms with Gasteiger partial charge in [-0.05, 0) is 25.7 Å². The van der Waals surface area contributed by atoms with E-state index in [9.17, 15) is 10.1 Å². The average Bonchev–Trinajstić information content (AvgIpc) is 2.88. The van der Waals surface area contributed by atoms with Crippen molar-refractivity contribution in [2.45, 2.75) is 19.8 Å². The number of ether oxygens (including phenoxy) is 1. The lowest BCUT2D eigenvalue weighted by Gasteiger charge is -2.19. The molecule has 110 valence electrons. The highest BCUT2D eigenvalue weighted by molar-refractivity contribution is 5.58. The lowest BCUT2D eigenvalue weighted by molar-refractivity contribution is -0.384. The summed E-state index contributed by atoms with van der Waals surface area (Å²) in [6, 6.07) is 4.88. The predicted molar refractivity (Wildman–Crippen MR) is 76.3 cm³/mol. The molecule has 0 bridgehead atoms. The smallest absolute Gasteiger partial charge is 0.275 e. The quantitative estimate of drug-likeness (QED) is 0.638. The van der Waals surface area contributed by atoms with E-state index in [2.05, 4.69) is 4.90 Å². The molecule has 0 aliphatic carbocycles. The van der Waals surface area contributed by atoms with Crippen molar-refractivity contribution in [3.8, 4) is 5.75 Å². The number of benzene rings is 1. The maximum absolute atomic E-state index is 11.0. The number of nitro benzene ring substituents is 1. The fourth-order valence-corrected chi connectivity index (χ4v) is 2.59. The van der Waals surface area contributed by atoms with Crippen molar-refractivity contribution in [1.82, 2.24) is 0 Å². The molecular weight excluding hydrogens is 260 g/mol. The van der Waals surface area contributed by atoms with Crippen molar-refractivity contribution in [2.75, 3.05) is 31.2 Å². The van der Waals surface area contributed by atoms with Crippen LogP contribution in [0.2, 0.25) is 0 Å². The van der Waals surface area contributed by atoms with Gasteiger partial charge in [-0.3, -0.25) is 10.1 Å². The molecule has 1 aromatic carbocycles. The average molecular weight is 280 g/mol. The van der Waals surface area contributed by atoms with E-state index < -0.39 is 4.92 Å². The summed E-state index contributed by atoms with van der Waals surface area (Å²) < 4.78 is 5.40. The second-order valence-electron chi connectivity index (χ2n) is 4.99. The molecule has 1 unspecified atom stereocenters. The van der Waals surface area contributed by atoms with Gasteiger partial charge in [0.25, 0.3) is 5.69 Å². The van der Waals surface area contributed by atoms with Crippen LogP contribution in [0.4, 0.5) is 11.4 Å². The zero-order chi connectivity index (χ0) is 14.5. The minimum Gasteiger partial charge on any atom is -0.494 e. The van der Waals surface area contributed by atoms with E-state index in [0.29, 0.717) is 18.3 Å². The summed E-state index contributed by atoms with van der Waals surface area (Å²) in [5, 5.41) is 20.0. The van der Waals surface area contributed by atoms with Crippen LogP contribution in [0.3, 0.4) is 0 Å². The minimum atomic E-state index is -0.396. The molecule has 6 nitrogen and oxygen atoms in total. The molecule has 0 spiro atoms. The third-order valence-corrected chi connectivity index (χ3v) is 3.59. The first-order chi connectivity index (χ1) is 9.63. The molecule has 2 rings (SSSR count). The Morgan fingerprint density at radius 2 is 2.30 bits per heavy atom. The largest absolute Gasteiger partial charge is 0.494 e. The second kappa shape index (κ2) is 6.56. The zero-order valence-corrected chi connectivity index (χ0v) is 11.6. The molecule has 20 heavy (non-hydrogen) atoms. The number of hydrogen-bond acceptors (Lipinski definition) is 5. The van der Waals surface area contributed by atoms with Crippen LogP contribution in [0.25, 0.3) is 0 Å². The minimum absolute atomic E-state index is 0.0524. The predicted octanol–water partition coefficient (Wildman–Crippen LogP) is 2.20. The van der Waals surface area contributed by atoms with Gasteiger partial charge in [-0.25, -0.2) is 0 Å². The van der Waals surface area contributed by atoms with Gasteiger partial charge >= 0.3 is 0 Å². The first kappa shape index (κ1) is 14.6. The molecule has 1 aliphatic heterocycles. The first-order valence-corrected chi connectivity index (χ1v) is 6.92. The topological polar surface area (TPSA) is 75.8 Å². The van der Waals surface area contributed by atoms with Crippen molar-refractivity contribution in [1.29, 1.82) is 0 Å². The fourth-order valence-electron chi connectivity index (χ4n) is 2.59. The molecule has 0 aromatic heterocycles. The summed E-state index contributed by atoms with van der Waals surface area (Å²) in [6.07, 6.45) is 1.79. The highest BCUT2D eigenvalue weighted by Gasteiger charge is 2.24. The third kappa shape index (κ3) is 3.39. The molecule has 0 radical (unpaired) electrons. The number of hydrogen-bond donors (Lipinski definition) is 1. The van der Waals surface area contributed by atoms with Crippen LogP contribution in [-0.4, -0.2) is 36.3 Å². The summed E-state index contributed by atoms with van der Waals surface area (Å²) in [6.45, 7) is 4.21. The summed E-state index contributed by atoms with van der Waals surface area (Å²) in [7, 11) is 0. The van der Waals surface area contributed by atoms with E-state index in [4.69, 9.17) is 9.84 Å². The molecule has 1 aliphatic rings. The van der Waals surface area contributed by atoms with E-state index >= 15 is 0 Å². The Bertz CT molecular complexity index is 478. The maximum Gasteiger partial charge on any atom is 0.275 e. The number of aliphatic hydroxyl groups excluding tert-OH is 1. The summed E-state index contributed by atoms with van der Waals surface area (Å²) in [5.41, 5.74) is 0.875. The number of anilines is 1. The van der Waals surface area contributed by atoms with Gasteiger partial charge in [0.2, 0.25) is 0 Å². The van der Waals surface area contributed by atoms with E-state index in [1.807, 2.05) is 13.0 Å². The summed E-state index contributed by atoms with van der Waals surface area (Å²) >= 11 is 0. The number of nitro groups is 1. The van der Waals surface area contributed by atoms with Gasteiger partial charge in [0, 0.05) is 37.5 Å². The molecule has 0 saturated carbocycles. The Morgan fingerprint density at radius 3 is 2.95 bits per heavy atom. The van der Waals surface area contributed by atoms with Crippen LogP contribution in [0.5, 0.6) is 5.75 Å². The van der Waals surface area contributed by atoms with Crippen molar-refractivity contribution in [3.63, 3.8) is 0 Å². The van der Waals surface area contributed by atoms with Crippen LogP contribution in [0.15, 0.2) is 18.2 Å². The maximum atomic E-state index is 11.0. The highest BCUT2D eigenvalue weighted by Crippen LogP contribution is 2.32. The second-order valence-corrected chi connectivity index (χ2v) is 4.99. The van der Waals surface area contributed by atoms with Crippen molar-refractivity contribution < 1.29 is 14.8 Å². The number of rotatable bonds is 6. The Morgan fingerprint density at radius 1 is 1.50 bits per heavy atom. The van der Waals surface area contributed by atoms with Gasteiger partial charge < -0.3 is 14.7 Å². The molecule has 1 heterocycles. The molecule has 1 saturated heterocycles.